The van der Waals surface area contributed by atoms with E-state index in [0.29, 0.717) is 0 Å². The second-order valence-corrected chi connectivity index (χ2v) is 17.1. The SMILES string of the molecule is c1ccc2c(c1)-c1ccccc1-c1ccc(-c3c4ccccc4c(-c4ccc(-n5c6ccccc6c6c7c(ccc65)oc5ccccc57)cc4)c4ccccc34)cc1-c1ccccc1-2. The van der Waals surface area contributed by atoms with E-state index in [1.165, 1.54) is 115 Å². The molecule has 0 atom stereocenters. The molecule has 0 amide bonds. The first-order valence-electron chi connectivity index (χ1n) is 22.1. The fourth-order valence-electron chi connectivity index (χ4n) is 11.1. The lowest BCUT2D eigenvalue weighted by molar-refractivity contribution is 0.669. The van der Waals surface area contributed by atoms with E-state index < -0.39 is 0 Å². The molecule has 0 unspecified atom stereocenters. The largest absolute Gasteiger partial charge is 0.456 e. The van der Waals surface area contributed by atoms with Crippen molar-refractivity contribution in [1.29, 1.82) is 0 Å². The maximum Gasteiger partial charge on any atom is 0.136 e. The van der Waals surface area contributed by atoms with Gasteiger partial charge in [-0.15, -0.1) is 0 Å². The summed E-state index contributed by atoms with van der Waals surface area (Å²) < 4.78 is 8.77. The molecule has 2 nitrogen and oxygen atoms in total. The van der Waals surface area contributed by atoms with Gasteiger partial charge in [-0.2, -0.15) is 0 Å². The Kier molecular flexibility index (Phi) is 7.43. The number of rotatable bonds is 3. The Morgan fingerprint density at radius 1 is 0.266 bits per heavy atom. The second-order valence-electron chi connectivity index (χ2n) is 17.1. The molecule has 0 aliphatic heterocycles. The molecule has 296 valence electrons. The zero-order valence-corrected chi connectivity index (χ0v) is 34.7. The predicted molar refractivity (Wildman–Crippen MR) is 269 cm³/mol. The molecule has 2 heterocycles. The number of nitrogens with zero attached hydrogens (tertiary/aromatic N) is 1. The Hall–Kier alpha value is -8.46. The molecule has 0 fully saturated rings. The first-order chi connectivity index (χ1) is 31.8. The Labute approximate surface area is 369 Å². The van der Waals surface area contributed by atoms with Crippen LogP contribution in [0.5, 0.6) is 0 Å². The molecular weight excluding hydrogens is 775 g/mol. The van der Waals surface area contributed by atoms with Gasteiger partial charge in [0.25, 0.3) is 0 Å². The van der Waals surface area contributed by atoms with Crippen LogP contribution in [-0.4, -0.2) is 4.57 Å². The van der Waals surface area contributed by atoms with Gasteiger partial charge in [0.1, 0.15) is 11.2 Å². The normalized spacial score (nSPS) is 12.1. The number of aromatic nitrogens is 1. The Morgan fingerprint density at radius 3 is 1.28 bits per heavy atom. The minimum absolute atomic E-state index is 0.913. The molecule has 0 N–H and O–H groups in total. The van der Waals surface area contributed by atoms with Crippen LogP contribution in [0.3, 0.4) is 0 Å². The molecule has 0 saturated carbocycles. The second kappa shape index (κ2) is 13.5. The van der Waals surface area contributed by atoms with Crippen molar-refractivity contribution in [3.8, 4) is 72.4 Å². The summed E-state index contributed by atoms with van der Waals surface area (Å²) in [5, 5.41) is 9.71. The zero-order chi connectivity index (χ0) is 41.9. The van der Waals surface area contributed by atoms with Crippen LogP contribution in [0, 0.1) is 0 Å². The lowest BCUT2D eigenvalue weighted by Gasteiger charge is -2.24. The fourth-order valence-corrected chi connectivity index (χ4v) is 11.1. The number of benzene rings is 11. The van der Waals surface area contributed by atoms with Crippen molar-refractivity contribution in [2.24, 2.45) is 0 Å². The molecule has 1 aliphatic rings. The molecule has 0 bridgehead atoms. The average molecular weight is 812 g/mol. The van der Waals surface area contributed by atoms with Crippen molar-refractivity contribution in [2.45, 2.75) is 0 Å². The summed E-state index contributed by atoms with van der Waals surface area (Å²) in [6, 6.07) is 82.5. The van der Waals surface area contributed by atoms with Crippen LogP contribution in [0.2, 0.25) is 0 Å². The van der Waals surface area contributed by atoms with Crippen molar-refractivity contribution >= 4 is 65.3 Å². The first-order valence-corrected chi connectivity index (χ1v) is 22.1. The highest BCUT2D eigenvalue weighted by Crippen LogP contribution is 2.51. The monoisotopic (exact) mass is 811 g/mol. The van der Waals surface area contributed by atoms with Gasteiger partial charge in [0.2, 0.25) is 0 Å². The Bertz CT molecular complexity index is 4010. The molecule has 0 radical (unpaired) electrons. The van der Waals surface area contributed by atoms with Gasteiger partial charge in [-0.25, -0.2) is 0 Å². The standard InChI is InChI=1S/C62H37NO/c1-2-16-42-41(15-1)43-17-3-4-19-45(43)47-34-31-39(37-54(47)46-20-6-5-18-44(42)46)60-50-23-9-7-21-48(50)59(49-22-8-10-24-51(49)60)38-29-32-40(33-30-38)63-55-27-13-11-25-52(55)61-56(63)35-36-58-62(61)53-26-12-14-28-57(53)64-58/h1-37H. The number of furan rings is 1. The Balaban J connectivity index is 0.965. The number of hydrogen-bond acceptors (Lipinski definition) is 1. The summed E-state index contributed by atoms with van der Waals surface area (Å²) >= 11 is 0. The van der Waals surface area contributed by atoms with Crippen molar-refractivity contribution in [1.82, 2.24) is 4.57 Å². The third-order valence-electron chi connectivity index (χ3n) is 13.8. The maximum atomic E-state index is 6.36. The van der Waals surface area contributed by atoms with Gasteiger partial charge in [0.05, 0.1) is 11.0 Å². The Morgan fingerprint density at radius 2 is 0.703 bits per heavy atom. The van der Waals surface area contributed by atoms with Crippen LogP contribution in [0.1, 0.15) is 0 Å². The molecule has 0 saturated heterocycles. The smallest absolute Gasteiger partial charge is 0.136 e. The van der Waals surface area contributed by atoms with Gasteiger partial charge in [0, 0.05) is 27.2 Å². The van der Waals surface area contributed by atoms with Gasteiger partial charge >= 0.3 is 0 Å². The number of para-hydroxylation sites is 2. The van der Waals surface area contributed by atoms with Crippen LogP contribution < -0.4 is 0 Å². The van der Waals surface area contributed by atoms with Crippen LogP contribution in [0.25, 0.3) is 138 Å². The molecule has 14 rings (SSSR count). The van der Waals surface area contributed by atoms with Crippen LogP contribution in [0.4, 0.5) is 0 Å². The average Bonchev–Trinajstić information content (AvgIpc) is 3.91. The predicted octanol–water partition coefficient (Wildman–Crippen LogP) is 17.3. The van der Waals surface area contributed by atoms with Gasteiger partial charge in [-0.05, 0) is 131 Å². The lowest BCUT2D eigenvalue weighted by atomic mass is 9.79. The summed E-state index contributed by atoms with van der Waals surface area (Å²) in [6.45, 7) is 0. The van der Waals surface area contributed by atoms with Gasteiger partial charge in [0.15, 0.2) is 0 Å². The lowest BCUT2D eigenvalue weighted by Crippen LogP contribution is -1.98. The molecule has 1 aliphatic carbocycles. The highest BCUT2D eigenvalue weighted by atomic mass is 16.3. The van der Waals surface area contributed by atoms with Crippen LogP contribution in [-0.2, 0) is 0 Å². The van der Waals surface area contributed by atoms with Crippen molar-refractivity contribution in [3.05, 3.63) is 224 Å². The molecule has 11 aromatic carbocycles. The third-order valence-corrected chi connectivity index (χ3v) is 13.8. The first kappa shape index (κ1) is 35.2. The molecule has 2 heteroatoms. The van der Waals surface area contributed by atoms with E-state index in [1.54, 1.807) is 0 Å². The summed E-state index contributed by atoms with van der Waals surface area (Å²) in [7, 11) is 0. The fraction of sp³-hybridized carbons (Fsp3) is 0. The van der Waals surface area contributed by atoms with E-state index in [0.717, 1.165) is 22.2 Å². The minimum atomic E-state index is 0.913. The summed E-state index contributed by atoms with van der Waals surface area (Å²) in [5.41, 5.74) is 20.2. The summed E-state index contributed by atoms with van der Waals surface area (Å²) in [5.74, 6) is 0. The van der Waals surface area contributed by atoms with Crippen LogP contribution in [0.15, 0.2) is 229 Å². The van der Waals surface area contributed by atoms with E-state index in [2.05, 4.69) is 223 Å². The van der Waals surface area contributed by atoms with E-state index in [1.807, 2.05) is 6.07 Å². The van der Waals surface area contributed by atoms with E-state index >= 15 is 0 Å². The highest BCUT2D eigenvalue weighted by molar-refractivity contribution is 6.27. The van der Waals surface area contributed by atoms with Gasteiger partial charge in [-0.3, -0.25) is 0 Å². The molecule has 0 spiro atoms. The van der Waals surface area contributed by atoms with Gasteiger partial charge in [-0.1, -0.05) is 182 Å². The third kappa shape index (κ3) is 4.96. The minimum Gasteiger partial charge on any atom is -0.456 e. The van der Waals surface area contributed by atoms with E-state index in [4.69, 9.17) is 4.42 Å². The molecule has 13 aromatic rings. The van der Waals surface area contributed by atoms with E-state index in [-0.39, 0.29) is 0 Å². The van der Waals surface area contributed by atoms with Crippen molar-refractivity contribution in [3.63, 3.8) is 0 Å². The van der Waals surface area contributed by atoms with Crippen molar-refractivity contribution < 1.29 is 4.42 Å². The van der Waals surface area contributed by atoms with E-state index in [9.17, 15) is 0 Å². The molecular formula is C62H37NO. The number of hydrogen-bond donors (Lipinski definition) is 0. The zero-order valence-electron chi connectivity index (χ0n) is 34.7. The van der Waals surface area contributed by atoms with Gasteiger partial charge < -0.3 is 8.98 Å². The molecule has 64 heavy (non-hydrogen) atoms. The van der Waals surface area contributed by atoms with Crippen molar-refractivity contribution in [2.75, 3.05) is 0 Å². The topological polar surface area (TPSA) is 18.1 Å². The maximum absolute atomic E-state index is 6.36. The summed E-state index contributed by atoms with van der Waals surface area (Å²) in [4.78, 5) is 0. The molecule has 2 aromatic heterocycles. The quantitative estimate of drug-likeness (QED) is 0.163. The van der Waals surface area contributed by atoms with Crippen LogP contribution >= 0.6 is 0 Å². The summed E-state index contributed by atoms with van der Waals surface area (Å²) in [6.07, 6.45) is 0. The number of fused-ring (bicyclic) bond motifs is 17. The highest BCUT2D eigenvalue weighted by Gasteiger charge is 2.24.